The van der Waals surface area contributed by atoms with Crippen LogP contribution in [0.5, 0.6) is 5.75 Å². The van der Waals surface area contributed by atoms with Crippen molar-refractivity contribution in [1.29, 1.82) is 0 Å². The van der Waals surface area contributed by atoms with E-state index in [0.717, 1.165) is 34.8 Å². The van der Waals surface area contributed by atoms with Crippen LogP contribution in [0.2, 0.25) is 0 Å². The molecule has 0 spiro atoms. The molecule has 5 nitrogen and oxygen atoms in total. The number of hydrogen-bond acceptors (Lipinski definition) is 4. The predicted molar refractivity (Wildman–Crippen MR) is 92.9 cm³/mol. The van der Waals surface area contributed by atoms with E-state index < -0.39 is 0 Å². The highest BCUT2D eigenvalue weighted by atomic mass is 16.5. The predicted octanol–water partition coefficient (Wildman–Crippen LogP) is 2.38. The van der Waals surface area contributed by atoms with E-state index >= 15 is 0 Å². The Morgan fingerprint density at radius 1 is 1.29 bits per heavy atom. The summed E-state index contributed by atoms with van der Waals surface area (Å²) in [4.78, 5) is 19.3. The van der Waals surface area contributed by atoms with E-state index in [1.807, 2.05) is 44.2 Å². The van der Waals surface area contributed by atoms with Crippen LogP contribution in [-0.2, 0) is 11.3 Å². The van der Waals surface area contributed by atoms with E-state index in [4.69, 9.17) is 4.74 Å². The lowest BCUT2D eigenvalue weighted by Crippen LogP contribution is -2.49. The van der Waals surface area contributed by atoms with Gasteiger partial charge in [-0.15, -0.1) is 0 Å². The average Bonchev–Trinajstić information content (AvgIpc) is 2.54. The van der Waals surface area contributed by atoms with E-state index in [-0.39, 0.29) is 11.9 Å². The van der Waals surface area contributed by atoms with Crippen LogP contribution in [0, 0.1) is 13.8 Å². The van der Waals surface area contributed by atoms with Gasteiger partial charge in [0, 0.05) is 37.5 Å². The molecule has 1 aromatic heterocycles. The molecule has 5 heteroatoms. The number of nitrogens with zero attached hydrogens (tertiary/aromatic N) is 2. The number of hydrogen-bond donors (Lipinski definition) is 1. The number of nitrogens with one attached hydrogen (secondary N) is 1. The van der Waals surface area contributed by atoms with Gasteiger partial charge in [-0.25, -0.2) is 0 Å². The van der Waals surface area contributed by atoms with Gasteiger partial charge in [-0.2, -0.15) is 0 Å². The maximum atomic E-state index is 12.5. The summed E-state index contributed by atoms with van der Waals surface area (Å²) in [5.74, 6) is 0.845. The molecule has 0 radical (unpaired) electrons. The summed E-state index contributed by atoms with van der Waals surface area (Å²) < 4.78 is 5.34. The molecule has 1 aliphatic heterocycles. The Balaban J connectivity index is 1.89. The van der Waals surface area contributed by atoms with Gasteiger partial charge in [0.05, 0.1) is 12.8 Å². The fraction of sp³-hybridized carbons (Fsp3) is 0.368. The molecular weight excluding hydrogens is 302 g/mol. The van der Waals surface area contributed by atoms with Crippen molar-refractivity contribution in [1.82, 2.24) is 15.2 Å². The standard InChI is InChI=1S/C19H23N3O2/c1-13-5-4-6-15(9-13)18-19(23)20-7-8-22(18)12-16-11-17(24-3)10-14(2)21-16/h4-6,9-11,18H,7-8,12H2,1-3H3,(H,20,23). The van der Waals surface area contributed by atoms with Crippen LogP contribution < -0.4 is 10.1 Å². The lowest BCUT2D eigenvalue weighted by Gasteiger charge is -2.35. The molecule has 24 heavy (non-hydrogen) atoms. The zero-order valence-corrected chi connectivity index (χ0v) is 14.4. The van der Waals surface area contributed by atoms with Crippen molar-refractivity contribution in [2.75, 3.05) is 20.2 Å². The number of rotatable bonds is 4. The first-order chi connectivity index (χ1) is 11.6. The van der Waals surface area contributed by atoms with Crippen LogP contribution in [0.1, 0.15) is 28.6 Å². The third kappa shape index (κ3) is 3.57. The van der Waals surface area contributed by atoms with Crippen LogP contribution in [0.3, 0.4) is 0 Å². The second-order valence-corrected chi connectivity index (χ2v) is 6.22. The number of amides is 1. The van der Waals surface area contributed by atoms with Gasteiger partial charge in [-0.3, -0.25) is 14.7 Å². The minimum absolute atomic E-state index is 0.0477. The Kier molecular flexibility index (Phi) is 4.81. The topological polar surface area (TPSA) is 54.5 Å². The van der Waals surface area contributed by atoms with Crippen LogP contribution in [-0.4, -0.2) is 36.0 Å². The number of benzene rings is 1. The van der Waals surface area contributed by atoms with Crippen LogP contribution in [0.4, 0.5) is 0 Å². The van der Waals surface area contributed by atoms with E-state index in [2.05, 4.69) is 21.3 Å². The number of ether oxygens (including phenoxy) is 1. The largest absolute Gasteiger partial charge is 0.497 e. The summed E-state index contributed by atoms with van der Waals surface area (Å²) in [6.45, 7) is 6.06. The molecular formula is C19H23N3O2. The van der Waals surface area contributed by atoms with Crippen molar-refractivity contribution < 1.29 is 9.53 Å². The number of carbonyl (C=O) groups excluding carboxylic acids is 1. The molecule has 1 atom stereocenters. The molecule has 1 amide bonds. The summed E-state index contributed by atoms with van der Waals surface area (Å²) >= 11 is 0. The fourth-order valence-corrected chi connectivity index (χ4v) is 3.20. The molecule has 1 fully saturated rings. The minimum atomic E-state index is -0.285. The van der Waals surface area contributed by atoms with Crippen molar-refractivity contribution in [2.24, 2.45) is 0 Å². The van der Waals surface area contributed by atoms with Crippen LogP contribution >= 0.6 is 0 Å². The second-order valence-electron chi connectivity index (χ2n) is 6.22. The Morgan fingerprint density at radius 3 is 2.88 bits per heavy atom. The summed E-state index contributed by atoms with van der Waals surface area (Å²) in [6, 6.07) is 11.7. The molecule has 1 aliphatic rings. The smallest absolute Gasteiger partial charge is 0.242 e. The lowest BCUT2D eigenvalue weighted by molar-refractivity contribution is -0.129. The monoisotopic (exact) mass is 325 g/mol. The van der Waals surface area contributed by atoms with E-state index in [1.165, 1.54) is 0 Å². The molecule has 0 saturated carbocycles. The molecule has 2 heterocycles. The SMILES string of the molecule is COc1cc(C)nc(CN2CCNC(=O)C2c2cccc(C)c2)c1. The Bertz CT molecular complexity index is 745. The fourth-order valence-electron chi connectivity index (χ4n) is 3.20. The number of methoxy groups -OCH3 is 1. The summed E-state index contributed by atoms with van der Waals surface area (Å²) in [7, 11) is 1.66. The van der Waals surface area contributed by atoms with E-state index in [9.17, 15) is 4.79 Å². The maximum absolute atomic E-state index is 12.5. The van der Waals surface area contributed by atoms with Crippen molar-refractivity contribution in [3.8, 4) is 5.75 Å². The first-order valence-electron chi connectivity index (χ1n) is 8.16. The van der Waals surface area contributed by atoms with Gasteiger partial charge in [0.1, 0.15) is 11.8 Å². The molecule has 1 saturated heterocycles. The second kappa shape index (κ2) is 7.01. The van der Waals surface area contributed by atoms with Gasteiger partial charge in [-0.05, 0) is 19.4 Å². The number of pyridine rings is 1. The molecule has 2 aromatic rings. The van der Waals surface area contributed by atoms with Crippen molar-refractivity contribution >= 4 is 5.91 Å². The quantitative estimate of drug-likeness (QED) is 0.938. The van der Waals surface area contributed by atoms with Gasteiger partial charge in [-0.1, -0.05) is 29.8 Å². The highest BCUT2D eigenvalue weighted by molar-refractivity contribution is 5.84. The van der Waals surface area contributed by atoms with E-state index in [0.29, 0.717) is 13.1 Å². The zero-order chi connectivity index (χ0) is 17.1. The highest BCUT2D eigenvalue weighted by Crippen LogP contribution is 2.26. The summed E-state index contributed by atoms with van der Waals surface area (Å²) in [5.41, 5.74) is 4.00. The number of aryl methyl sites for hydroxylation is 2. The molecule has 1 aromatic carbocycles. The number of carbonyl (C=O) groups is 1. The first-order valence-corrected chi connectivity index (χ1v) is 8.16. The average molecular weight is 325 g/mol. The van der Waals surface area contributed by atoms with Gasteiger partial charge in [0.15, 0.2) is 0 Å². The van der Waals surface area contributed by atoms with Crippen molar-refractivity contribution in [3.63, 3.8) is 0 Å². The molecule has 0 bridgehead atoms. The molecule has 0 aliphatic carbocycles. The summed E-state index contributed by atoms with van der Waals surface area (Å²) in [5, 5.41) is 2.97. The Morgan fingerprint density at radius 2 is 2.12 bits per heavy atom. The zero-order valence-electron chi connectivity index (χ0n) is 14.4. The van der Waals surface area contributed by atoms with Gasteiger partial charge in [0.2, 0.25) is 5.91 Å². The van der Waals surface area contributed by atoms with Crippen LogP contribution in [0.25, 0.3) is 0 Å². The third-order valence-electron chi connectivity index (χ3n) is 4.25. The molecule has 1 unspecified atom stereocenters. The molecule has 1 N–H and O–H groups in total. The van der Waals surface area contributed by atoms with Crippen LogP contribution in [0.15, 0.2) is 36.4 Å². The van der Waals surface area contributed by atoms with Gasteiger partial charge < -0.3 is 10.1 Å². The number of aromatic nitrogens is 1. The highest BCUT2D eigenvalue weighted by Gasteiger charge is 2.31. The minimum Gasteiger partial charge on any atom is -0.497 e. The first kappa shape index (κ1) is 16.5. The van der Waals surface area contributed by atoms with Gasteiger partial charge in [0.25, 0.3) is 0 Å². The maximum Gasteiger partial charge on any atom is 0.242 e. The van der Waals surface area contributed by atoms with Gasteiger partial charge >= 0.3 is 0 Å². The molecule has 3 rings (SSSR count). The lowest BCUT2D eigenvalue weighted by atomic mass is 10.00. The Labute approximate surface area is 142 Å². The van der Waals surface area contributed by atoms with Crippen molar-refractivity contribution in [2.45, 2.75) is 26.4 Å². The Hall–Kier alpha value is -2.40. The summed E-state index contributed by atoms with van der Waals surface area (Å²) in [6.07, 6.45) is 0. The third-order valence-corrected chi connectivity index (χ3v) is 4.25. The number of piperazine rings is 1. The normalized spacial score (nSPS) is 18.3. The van der Waals surface area contributed by atoms with E-state index in [1.54, 1.807) is 7.11 Å². The van der Waals surface area contributed by atoms with Crippen molar-refractivity contribution in [3.05, 3.63) is 58.9 Å². The molecule has 126 valence electrons.